The number of anilines is 2. The van der Waals surface area contributed by atoms with E-state index in [-0.39, 0.29) is 12.1 Å². The van der Waals surface area contributed by atoms with Gasteiger partial charge in [0.2, 0.25) is 10.0 Å². The van der Waals surface area contributed by atoms with Gasteiger partial charge in [-0.25, -0.2) is 8.42 Å². The first-order chi connectivity index (χ1) is 17.7. The molecular formula is C28H29N5O2S2. The van der Waals surface area contributed by atoms with Crippen LogP contribution < -0.4 is 14.9 Å². The van der Waals surface area contributed by atoms with Gasteiger partial charge in [-0.2, -0.15) is 0 Å². The van der Waals surface area contributed by atoms with Crippen molar-refractivity contribution in [3.63, 3.8) is 0 Å². The Labute approximate surface area is 223 Å². The Morgan fingerprint density at radius 3 is 2.19 bits per heavy atom. The third kappa shape index (κ3) is 4.72. The highest BCUT2D eigenvalue weighted by molar-refractivity contribution is 7.92. The summed E-state index contributed by atoms with van der Waals surface area (Å²) < 4.78 is 28.2. The number of aromatic nitrogens is 2. The van der Waals surface area contributed by atoms with Gasteiger partial charge in [0.15, 0.2) is 5.11 Å². The Hall–Kier alpha value is -3.69. The lowest BCUT2D eigenvalue weighted by atomic mass is 9.93. The van der Waals surface area contributed by atoms with Crippen molar-refractivity contribution in [2.24, 2.45) is 0 Å². The summed E-state index contributed by atoms with van der Waals surface area (Å²) >= 11 is 5.89. The minimum Gasteiger partial charge on any atom is -0.351 e. The van der Waals surface area contributed by atoms with Crippen molar-refractivity contribution in [2.45, 2.75) is 32.9 Å². The van der Waals surface area contributed by atoms with Crippen LogP contribution in [0.3, 0.4) is 0 Å². The molecule has 4 aromatic rings. The summed E-state index contributed by atoms with van der Waals surface area (Å²) in [5, 5.41) is 4.11. The van der Waals surface area contributed by atoms with E-state index in [1.54, 1.807) is 18.3 Å². The third-order valence-electron chi connectivity index (χ3n) is 6.86. The first-order valence-corrected chi connectivity index (χ1v) is 14.3. The van der Waals surface area contributed by atoms with Gasteiger partial charge in [0.1, 0.15) is 0 Å². The van der Waals surface area contributed by atoms with Gasteiger partial charge in [-0.05, 0) is 87.1 Å². The van der Waals surface area contributed by atoms with Crippen LogP contribution in [0.1, 0.15) is 40.3 Å². The molecular weight excluding hydrogens is 502 g/mol. The minimum atomic E-state index is -3.37. The van der Waals surface area contributed by atoms with Crippen LogP contribution in [0.4, 0.5) is 11.4 Å². The summed E-state index contributed by atoms with van der Waals surface area (Å²) in [5.41, 5.74) is 8.06. The maximum absolute atomic E-state index is 11.7. The van der Waals surface area contributed by atoms with Gasteiger partial charge in [-0.15, -0.1) is 0 Å². The molecule has 9 heteroatoms. The van der Waals surface area contributed by atoms with Gasteiger partial charge in [0.25, 0.3) is 0 Å². The van der Waals surface area contributed by atoms with Crippen LogP contribution in [0.2, 0.25) is 0 Å². The van der Waals surface area contributed by atoms with Crippen molar-refractivity contribution in [3.05, 3.63) is 107 Å². The number of pyridine rings is 1. The molecule has 1 aliphatic rings. The van der Waals surface area contributed by atoms with E-state index in [0.717, 1.165) is 29.0 Å². The van der Waals surface area contributed by atoms with Crippen molar-refractivity contribution in [2.75, 3.05) is 15.9 Å². The predicted octanol–water partition coefficient (Wildman–Crippen LogP) is 5.35. The number of thiocarbonyl (C=S) groups is 1. The number of nitrogens with one attached hydrogen (secondary N) is 2. The normalized spacial score (nSPS) is 17.6. The van der Waals surface area contributed by atoms with E-state index in [2.05, 4.69) is 57.4 Å². The summed E-state index contributed by atoms with van der Waals surface area (Å²) in [7, 11) is -3.37. The van der Waals surface area contributed by atoms with Crippen LogP contribution in [0.15, 0.2) is 79.0 Å². The van der Waals surface area contributed by atoms with Gasteiger partial charge >= 0.3 is 0 Å². The van der Waals surface area contributed by atoms with E-state index in [9.17, 15) is 8.42 Å². The fourth-order valence-corrected chi connectivity index (χ4v) is 6.15. The zero-order chi connectivity index (χ0) is 26.3. The molecule has 1 fully saturated rings. The molecule has 1 aliphatic heterocycles. The first-order valence-electron chi connectivity index (χ1n) is 12.0. The SMILES string of the molecule is Cc1c([C@H]2[C@H](c3ccccn3)NC(=S)N2c2ccc(NS(C)(=O)=O)cc2)c(C)n(-c2ccccc2)c1C. The number of sulfonamides is 1. The number of rotatable bonds is 6. The molecule has 3 heterocycles. The van der Waals surface area contributed by atoms with Crippen LogP contribution >= 0.6 is 12.2 Å². The van der Waals surface area contributed by atoms with E-state index in [0.29, 0.717) is 10.8 Å². The van der Waals surface area contributed by atoms with Gasteiger partial charge in [-0.3, -0.25) is 9.71 Å². The molecule has 0 unspecified atom stereocenters. The Morgan fingerprint density at radius 2 is 1.57 bits per heavy atom. The lowest BCUT2D eigenvalue weighted by Gasteiger charge is -2.29. The average Bonchev–Trinajstić information content (AvgIpc) is 3.32. The maximum atomic E-state index is 11.7. The molecule has 0 spiro atoms. The summed E-state index contributed by atoms with van der Waals surface area (Å²) in [6.07, 6.45) is 2.94. The Balaban J connectivity index is 1.66. The fraction of sp³-hybridized carbons (Fsp3) is 0.214. The smallest absolute Gasteiger partial charge is 0.229 e. The van der Waals surface area contributed by atoms with Gasteiger partial charge in [-0.1, -0.05) is 24.3 Å². The van der Waals surface area contributed by atoms with E-state index in [1.807, 2.05) is 48.5 Å². The molecule has 0 amide bonds. The second-order valence-electron chi connectivity index (χ2n) is 9.30. The summed E-state index contributed by atoms with van der Waals surface area (Å²) in [6.45, 7) is 6.45. The quantitative estimate of drug-likeness (QED) is 0.327. The van der Waals surface area contributed by atoms with Crippen molar-refractivity contribution in [1.82, 2.24) is 14.9 Å². The topological polar surface area (TPSA) is 79.3 Å². The molecule has 0 saturated carbocycles. The maximum Gasteiger partial charge on any atom is 0.229 e. The van der Waals surface area contributed by atoms with Crippen molar-refractivity contribution < 1.29 is 8.42 Å². The predicted molar refractivity (Wildman–Crippen MR) is 153 cm³/mol. The lowest BCUT2D eigenvalue weighted by Crippen LogP contribution is -2.29. The molecule has 5 rings (SSSR count). The second-order valence-corrected chi connectivity index (χ2v) is 11.4. The van der Waals surface area contributed by atoms with Crippen molar-refractivity contribution >= 4 is 38.7 Å². The molecule has 37 heavy (non-hydrogen) atoms. The molecule has 7 nitrogen and oxygen atoms in total. The highest BCUT2D eigenvalue weighted by Crippen LogP contribution is 2.45. The standard InChI is InChI=1S/C28H29N5O2S2/c1-18-19(2)32(22-10-6-5-7-11-22)20(3)25(18)27-26(24-12-8-9-17-29-24)30-28(36)33(27)23-15-13-21(14-16-23)31-37(4,34)35/h5-17,26-27,31H,1-4H3,(H,30,36)/t26-,27-/m0/s1. The van der Waals surface area contributed by atoms with Crippen LogP contribution in [0.25, 0.3) is 5.69 Å². The third-order valence-corrected chi connectivity index (χ3v) is 7.79. The number of hydrogen-bond acceptors (Lipinski definition) is 4. The van der Waals surface area contributed by atoms with Gasteiger partial charge in [0, 0.05) is 40.2 Å². The molecule has 2 aromatic heterocycles. The number of para-hydroxylation sites is 1. The monoisotopic (exact) mass is 531 g/mol. The Bertz CT molecular complexity index is 1550. The molecule has 2 aromatic carbocycles. The summed E-state index contributed by atoms with van der Waals surface area (Å²) in [6, 6.07) is 23.2. The van der Waals surface area contributed by atoms with E-state index >= 15 is 0 Å². The molecule has 0 radical (unpaired) electrons. The van der Waals surface area contributed by atoms with Crippen LogP contribution in [0, 0.1) is 20.8 Å². The minimum absolute atomic E-state index is 0.167. The first kappa shape index (κ1) is 25.0. The van der Waals surface area contributed by atoms with E-state index in [4.69, 9.17) is 12.2 Å². The fourth-order valence-electron chi connectivity index (χ4n) is 5.24. The lowest BCUT2D eigenvalue weighted by molar-refractivity contribution is 0.563. The molecule has 2 atom stereocenters. The summed E-state index contributed by atoms with van der Waals surface area (Å²) in [4.78, 5) is 6.78. The summed E-state index contributed by atoms with van der Waals surface area (Å²) in [5.74, 6) is 0. The number of hydrogen-bond donors (Lipinski definition) is 2. The van der Waals surface area contributed by atoms with Crippen LogP contribution in [-0.2, 0) is 10.0 Å². The average molecular weight is 532 g/mol. The largest absolute Gasteiger partial charge is 0.351 e. The van der Waals surface area contributed by atoms with Crippen molar-refractivity contribution in [1.29, 1.82) is 0 Å². The highest BCUT2D eigenvalue weighted by atomic mass is 32.2. The highest BCUT2D eigenvalue weighted by Gasteiger charge is 2.43. The van der Waals surface area contributed by atoms with Crippen molar-refractivity contribution in [3.8, 4) is 5.69 Å². The Morgan fingerprint density at radius 1 is 0.892 bits per heavy atom. The molecule has 1 saturated heterocycles. The molecule has 0 bridgehead atoms. The molecule has 2 N–H and O–H groups in total. The van der Waals surface area contributed by atoms with E-state index < -0.39 is 10.0 Å². The number of nitrogens with zero attached hydrogens (tertiary/aromatic N) is 3. The zero-order valence-electron chi connectivity index (χ0n) is 21.1. The number of benzene rings is 2. The van der Waals surface area contributed by atoms with Gasteiger partial charge < -0.3 is 14.8 Å². The van der Waals surface area contributed by atoms with Crippen LogP contribution in [0.5, 0.6) is 0 Å². The molecule has 190 valence electrons. The van der Waals surface area contributed by atoms with Gasteiger partial charge in [0.05, 0.1) is 24.0 Å². The zero-order valence-corrected chi connectivity index (χ0v) is 22.8. The van der Waals surface area contributed by atoms with Crippen LogP contribution in [-0.4, -0.2) is 29.3 Å². The Kier molecular flexibility index (Phi) is 6.51. The van der Waals surface area contributed by atoms with E-state index in [1.165, 1.54) is 16.8 Å². The molecule has 0 aliphatic carbocycles. The second kappa shape index (κ2) is 9.64.